The van der Waals surface area contributed by atoms with Gasteiger partial charge in [-0.1, -0.05) is 127 Å². The quantitative estimate of drug-likeness (QED) is 0.180. The van der Waals surface area contributed by atoms with E-state index in [4.69, 9.17) is 0 Å². The van der Waals surface area contributed by atoms with Crippen molar-refractivity contribution in [3.05, 3.63) is 188 Å². The minimum Gasteiger partial charge on any atom is -0.309 e. The molecule has 0 radical (unpaired) electrons. The van der Waals surface area contributed by atoms with Crippen LogP contribution < -0.4 is 0 Å². The highest BCUT2D eigenvalue weighted by atomic mass is 15.0. The van der Waals surface area contributed by atoms with Crippen molar-refractivity contribution in [2.75, 3.05) is 0 Å². The Morgan fingerprint density at radius 3 is 1.25 bits per heavy atom. The van der Waals surface area contributed by atoms with Crippen LogP contribution in [0, 0.1) is 0 Å². The summed E-state index contributed by atoms with van der Waals surface area (Å²) in [5, 5.41) is 7.52. The van der Waals surface area contributed by atoms with Crippen LogP contribution in [0.1, 0.15) is 0 Å². The third-order valence-corrected chi connectivity index (χ3v) is 10.6. The molecule has 0 amide bonds. The number of benzene rings is 8. The Balaban J connectivity index is 1.20. The molecule has 0 atom stereocenters. The summed E-state index contributed by atoms with van der Waals surface area (Å²) in [4.78, 5) is 0. The Labute approximate surface area is 294 Å². The smallest absolute Gasteiger partial charge is 0.0788 e. The normalized spacial score (nSPS) is 11.9. The number of nitrogens with zero attached hydrogens (tertiary/aromatic N) is 3. The van der Waals surface area contributed by atoms with Gasteiger partial charge in [-0.15, -0.1) is 0 Å². The molecule has 11 aromatic rings. The van der Waals surface area contributed by atoms with Crippen molar-refractivity contribution in [3.8, 4) is 28.2 Å². The zero-order chi connectivity index (χ0) is 33.5. The SMILES string of the molecule is c1ccc(-n2c3ccccc3c3ccc(-c4cccc(-n5c6ccccc6c6ccc7c8ccccc8n(-c8ccccc8)c7c65)c4)cc32)cc1. The van der Waals surface area contributed by atoms with Crippen LogP contribution in [-0.2, 0) is 0 Å². The van der Waals surface area contributed by atoms with E-state index in [2.05, 4.69) is 202 Å². The van der Waals surface area contributed by atoms with Crippen LogP contribution in [0.3, 0.4) is 0 Å². The van der Waals surface area contributed by atoms with E-state index in [9.17, 15) is 0 Å². The molecule has 0 N–H and O–H groups in total. The Hall–Kier alpha value is -6.84. The van der Waals surface area contributed by atoms with Crippen LogP contribution in [0.2, 0.25) is 0 Å². The van der Waals surface area contributed by atoms with Crippen LogP contribution in [0.5, 0.6) is 0 Å². The minimum absolute atomic E-state index is 1.14. The molecule has 11 rings (SSSR count). The molecule has 3 heteroatoms. The number of aromatic nitrogens is 3. The number of hydrogen-bond acceptors (Lipinski definition) is 0. The maximum Gasteiger partial charge on any atom is 0.0788 e. The van der Waals surface area contributed by atoms with Crippen molar-refractivity contribution >= 4 is 65.4 Å². The summed E-state index contributed by atoms with van der Waals surface area (Å²) in [6.07, 6.45) is 0. The Kier molecular flexibility index (Phi) is 5.96. The van der Waals surface area contributed by atoms with E-state index in [1.165, 1.54) is 76.5 Å². The molecule has 0 bridgehead atoms. The molecule has 3 heterocycles. The van der Waals surface area contributed by atoms with Crippen LogP contribution in [-0.4, -0.2) is 13.7 Å². The molecule has 0 aliphatic rings. The first-order valence-electron chi connectivity index (χ1n) is 17.5. The summed E-state index contributed by atoms with van der Waals surface area (Å²) in [7, 11) is 0. The third-order valence-electron chi connectivity index (χ3n) is 10.6. The zero-order valence-corrected chi connectivity index (χ0v) is 27.7. The van der Waals surface area contributed by atoms with Gasteiger partial charge in [0, 0.05) is 49.4 Å². The lowest BCUT2D eigenvalue weighted by Gasteiger charge is -2.14. The molecule has 0 fully saturated rings. The summed E-state index contributed by atoms with van der Waals surface area (Å²) in [5.41, 5.74) is 13.1. The second-order valence-corrected chi connectivity index (χ2v) is 13.4. The van der Waals surface area contributed by atoms with E-state index >= 15 is 0 Å². The fourth-order valence-corrected chi connectivity index (χ4v) is 8.44. The lowest BCUT2D eigenvalue weighted by Crippen LogP contribution is -1.99. The van der Waals surface area contributed by atoms with Crippen LogP contribution in [0.4, 0.5) is 0 Å². The Bertz CT molecular complexity index is 3120. The molecule has 0 unspecified atom stereocenters. The highest BCUT2D eigenvalue weighted by Gasteiger charge is 2.21. The van der Waals surface area contributed by atoms with Gasteiger partial charge in [-0.05, 0) is 71.8 Å². The minimum atomic E-state index is 1.14. The molecular formula is C48H31N3. The standard InChI is InChI=1S/C48H31N3/c1-3-15-34(16-4-1)49-43-23-10-7-20-37(43)40-27-26-33(31-46(40)49)32-14-13-19-36(30-32)51-45-25-12-9-22-39(45)42-29-28-41-38-21-8-11-24-44(38)50(47(41)48(42)51)35-17-5-2-6-18-35/h1-31H. The molecule has 0 saturated carbocycles. The van der Waals surface area contributed by atoms with E-state index in [0.29, 0.717) is 0 Å². The second kappa shape index (κ2) is 10.8. The van der Waals surface area contributed by atoms with Gasteiger partial charge in [0.15, 0.2) is 0 Å². The molecular weight excluding hydrogens is 619 g/mol. The topological polar surface area (TPSA) is 14.8 Å². The largest absolute Gasteiger partial charge is 0.309 e. The molecule has 3 aromatic heterocycles. The molecule has 0 spiro atoms. The molecule has 0 aliphatic carbocycles. The fourth-order valence-electron chi connectivity index (χ4n) is 8.44. The van der Waals surface area contributed by atoms with Crippen LogP contribution in [0.15, 0.2) is 188 Å². The van der Waals surface area contributed by atoms with Gasteiger partial charge in [0.2, 0.25) is 0 Å². The summed E-state index contributed by atoms with van der Waals surface area (Å²) in [5.74, 6) is 0. The molecule has 0 saturated heterocycles. The average Bonchev–Trinajstić information content (AvgIpc) is 3.84. The van der Waals surface area contributed by atoms with E-state index in [0.717, 1.165) is 17.1 Å². The average molecular weight is 650 g/mol. The van der Waals surface area contributed by atoms with Crippen molar-refractivity contribution in [2.45, 2.75) is 0 Å². The monoisotopic (exact) mass is 649 g/mol. The van der Waals surface area contributed by atoms with E-state index in [-0.39, 0.29) is 0 Å². The van der Waals surface area contributed by atoms with Gasteiger partial charge in [-0.25, -0.2) is 0 Å². The zero-order valence-electron chi connectivity index (χ0n) is 27.7. The van der Waals surface area contributed by atoms with Gasteiger partial charge in [-0.3, -0.25) is 0 Å². The predicted molar refractivity (Wildman–Crippen MR) is 215 cm³/mol. The maximum atomic E-state index is 2.48. The van der Waals surface area contributed by atoms with Crippen molar-refractivity contribution in [1.29, 1.82) is 0 Å². The Morgan fingerprint density at radius 2 is 0.647 bits per heavy atom. The first kappa shape index (κ1) is 28.0. The first-order chi connectivity index (χ1) is 25.3. The summed E-state index contributed by atoms with van der Waals surface area (Å²) in [6.45, 7) is 0. The number of rotatable bonds is 4. The lowest BCUT2D eigenvalue weighted by molar-refractivity contribution is 1.15. The Morgan fingerprint density at radius 1 is 0.235 bits per heavy atom. The van der Waals surface area contributed by atoms with Gasteiger partial charge in [0.25, 0.3) is 0 Å². The molecule has 3 nitrogen and oxygen atoms in total. The molecule has 0 aliphatic heterocycles. The number of para-hydroxylation sites is 5. The number of fused-ring (bicyclic) bond motifs is 10. The van der Waals surface area contributed by atoms with Gasteiger partial charge in [0.05, 0.1) is 33.1 Å². The van der Waals surface area contributed by atoms with Crippen molar-refractivity contribution < 1.29 is 0 Å². The van der Waals surface area contributed by atoms with Crippen LogP contribution >= 0.6 is 0 Å². The fraction of sp³-hybridized carbons (Fsp3) is 0. The highest BCUT2D eigenvalue weighted by molar-refractivity contribution is 6.24. The lowest BCUT2D eigenvalue weighted by atomic mass is 10.0. The molecule has 8 aromatic carbocycles. The first-order valence-corrected chi connectivity index (χ1v) is 17.5. The van der Waals surface area contributed by atoms with E-state index in [1.54, 1.807) is 0 Å². The van der Waals surface area contributed by atoms with Crippen molar-refractivity contribution in [2.24, 2.45) is 0 Å². The van der Waals surface area contributed by atoms with Crippen LogP contribution in [0.25, 0.3) is 93.6 Å². The highest BCUT2D eigenvalue weighted by Crippen LogP contribution is 2.42. The van der Waals surface area contributed by atoms with Gasteiger partial charge < -0.3 is 13.7 Å². The third kappa shape index (κ3) is 4.06. The molecule has 51 heavy (non-hydrogen) atoms. The van der Waals surface area contributed by atoms with Crippen molar-refractivity contribution in [3.63, 3.8) is 0 Å². The van der Waals surface area contributed by atoms with Gasteiger partial charge >= 0.3 is 0 Å². The maximum absolute atomic E-state index is 2.48. The molecule has 238 valence electrons. The van der Waals surface area contributed by atoms with Crippen molar-refractivity contribution in [1.82, 2.24) is 13.7 Å². The second-order valence-electron chi connectivity index (χ2n) is 13.4. The van der Waals surface area contributed by atoms with E-state index < -0.39 is 0 Å². The summed E-state index contributed by atoms with van der Waals surface area (Å²) >= 11 is 0. The summed E-state index contributed by atoms with van der Waals surface area (Å²) < 4.78 is 7.32. The summed E-state index contributed by atoms with van der Waals surface area (Å²) in [6, 6.07) is 68.4. The number of hydrogen-bond donors (Lipinski definition) is 0. The van der Waals surface area contributed by atoms with Gasteiger partial charge in [0.1, 0.15) is 0 Å². The predicted octanol–water partition coefficient (Wildman–Crippen LogP) is 12.6. The van der Waals surface area contributed by atoms with Gasteiger partial charge in [-0.2, -0.15) is 0 Å². The van der Waals surface area contributed by atoms with E-state index in [1.807, 2.05) is 0 Å².